The summed E-state index contributed by atoms with van der Waals surface area (Å²) >= 11 is 5.88. The van der Waals surface area contributed by atoms with Gasteiger partial charge >= 0.3 is 0 Å². The number of aromatic nitrogens is 3. The average Bonchev–Trinajstić information content (AvgIpc) is 2.76. The first kappa shape index (κ1) is 11.7. The SMILES string of the molecule is CC1CCCn2nc(Cc3ccc(Cl)cc3)nc21. The fourth-order valence-corrected chi connectivity index (χ4v) is 2.59. The van der Waals surface area contributed by atoms with Gasteiger partial charge in [0.15, 0.2) is 5.82 Å². The van der Waals surface area contributed by atoms with E-state index in [9.17, 15) is 0 Å². The van der Waals surface area contributed by atoms with E-state index in [0.717, 1.165) is 29.6 Å². The molecule has 3 nitrogen and oxygen atoms in total. The van der Waals surface area contributed by atoms with Crippen LogP contribution in [0.1, 0.15) is 42.9 Å². The van der Waals surface area contributed by atoms with Crippen molar-refractivity contribution in [3.8, 4) is 0 Å². The number of rotatable bonds is 2. The summed E-state index contributed by atoms with van der Waals surface area (Å²) in [6, 6.07) is 7.89. The van der Waals surface area contributed by atoms with E-state index in [1.54, 1.807) is 0 Å². The summed E-state index contributed by atoms with van der Waals surface area (Å²) in [6.07, 6.45) is 3.21. The molecule has 1 atom stereocenters. The topological polar surface area (TPSA) is 30.7 Å². The molecule has 2 aromatic rings. The zero-order chi connectivity index (χ0) is 12.5. The lowest BCUT2D eigenvalue weighted by Crippen LogP contribution is -2.14. The quantitative estimate of drug-likeness (QED) is 0.829. The average molecular weight is 262 g/mol. The Hall–Kier alpha value is -1.35. The van der Waals surface area contributed by atoms with Crippen molar-refractivity contribution in [2.45, 2.75) is 38.6 Å². The molecule has 1 aromatic carbocycles. The van der Waals surface area contributed by atoms with Crippen LogP contribution in [0.15, 0.2) is 24.3 Å². The van der Waals surface area contributed by atoms with Gasteiger partial charge in [0.05, 0.1) is 0 Å². The van der Waals surface area contributed by atoms with Crippen LogP contribution in [0.3, 0.4) is 0 Å². The molecule has 1 unspecified atom stereocenters. The number of hydrogen-bond donors (Lipinski definition) is 0. The molecule has 1 aliphatic rings. The smallest absolute Gasteiger partial charge is 0.155 e. The lowest BCUT2D eigenvalue weighted by molar-refractivity contribution is 0.431. The molecule has 18 heavy (non-hydrogen) atoms. The molecular formula is C14H16ClN3. The van der Waals surface area contributed by atoms with E-state index in [1.165, 1.54) is 18.4 Å². The van der Waals surface area contributed by atoms with Crippen LogP contribution in [0.25, 0.3) is 0 Å². The van der Waals surface area contributed by atoms with Crippen LogP contribution in [-0.4, -0.2) is 14.8 Å². The van der Waals surface area contributed by atoms with Crippen molar-refractivity contribution in [3.63, 3.8) is 0 Å². The maximum absolute atomic E-state index is 5.88. The minimum absolute atomic E-state index is 0.533. The molecular weight excluding hydrogens is 246 g/mol. The van der Waals surface area contributed by atoms with E-state index in [0.29, 0.717) is 5.92 Å². The maximum Gasteiger partial charge on any atom is 0.155 e. The van der Waals surface area contributed by atoms with E-state index in [1.807, 2.05) is 24.3 Å². The zero-order valence-corrected chi connectivity index (χ0v) is 11.2. The summed E-state index contributed by atoms with van der Waals surface area (Å²) in [5, 5.41) is 5.36. The second-order valence-electron chi connectivity index (χ2n) is 4.96. The van der Waals surface area contributed by atoms with Crippen molar-refractivity contribution in [2.24, 2.45) is 0 Å². The monoisotopic (exact) mass is 261 g/mol. The van der Waals surface area contributed by atoms with Gasteiger partial charge < -0.3 is 0 Å². The predicted octanol–water partition coefficient (Wildman–Crippen LogP) is 3.42. The van der Waals surface area contributed by atoms with Gasteiger partial charge in [-0.3, -0.25) is 0 Å². The first-order valence-corrected chi connectivity index (χ1v) is 6.78. The third kappa shape index (κ3) is 2.27. The maximum atomic E-state index is 5.88. The summed E-state index contributed by atoms with van der Waals surface area (Å²) in [6.45, 7) is 3.24. The van der Waals surface area contributed by atoms with E-state index in [-0.39, 0.29) is 0 Å². The molecule has 0 bridgehead atoms. The van der Waals surface area contributed by atoms with Crippen LogP contribution < -0.4 is 0 Å². The van der Waals surface area contributed by atoms with E-state index < -0.39 is 0 Å². The zero-order valence-electron chi connectivity index (χ0n) is 10.4. The summed E-state index contributed by atoms with van der Waals surface area (Å²) in [7, 11) is 0. The number of fused-ring (bicyclic) bond motifs is 1. The van der Waals surface area contributed by atoms with Crippen molar-refractivity contribution < 1.29 is 0 Å². The van der Waals surface area contributed by atoms with Crippen LogP contribution in [0.4, 0.5) is 0 Å². The normalized spacial score (nSPS) is 18.7. The van der Waals surface area contributed by atoms with Gasteiger partial charge in [0.2, 0.25) is 0 Å². The highest BCUT2D eigenvalue weighted by atomic mass is 35.5. The third-order valence-corrected chi connectivity index (χ3v) is 3.72. The van der Waals surface area contributed by atoms with Crippen LogP contribution in [-0.2, 0) is 13.0 Å². The standard InChI is InChI=1S/C14H16ClN3/c1-10-3-2-8-18-14(10)16-13(17-18)9-11-4-6-12(15)7-5-11/h4-7,10H,2-3,8-9H2,1H3. The molecule has 94 valence electrons. The van der Waals surface area contributed by atoms with Gasteiger partial charge in [-0.15, -0.1) is 0 Å². The molecule has 0 amide bonds. The molecule has 4 heteroatoms. The second kappa shape index (κ2) is 4.73. The van der Waals surface area contributed by atoms with E-state index in [2.05, 4.69) is 21.7 Å². The van der Waals surface area contributed by atoms with Gasteiger partial charge in [0, 0.05) is 23.9 Å². The van der Waals surface area contributed by atoms with Crippen molar-refractivity contribution in [3.05, 3.63) is 46.5 Å². The summed E-state index contributed by atoms with van der Waals surface area (Å²) in [4.78, 5) is 4.67. The second-order valence-corrected chi connectivity index (χ2v) is 5.39. The van der Waals surface area contributed by atoms with E-state index in [4.69, 9.17) is 11.6 Å². The van der Waals surface area contributed by atoms with Crippen LogP contribution in [0, 0.1) is 0 Å². The predicted molar refractivity (Wildman–Crippen MR) is 71.9 cm³/mol. The largest absolute Gasteiger partial charge is 0.250 e. The Morgan fingerprint density at radius 3 is 2.83 bits per heavy atom. The highest BCUT2D eigenvalue weighted by Crippen LogP contribution is 2.25. The van der Waals surface area contributed by atoms with Crippen molar-refractivity contribution in [1.29, 1.82) is 0 Å². The highest BCUT2D eigenvalue weighted by Gasteiger charge is 2.20. The van der Waals surface area contributed by atoms with Crippen molar-refractivity contribution in [2.75, 3.05) is 0 Å². The van der Waals surface area contributed by atoms with E-state index >= 15 is 0 Å². The first-order valence-electron chi connectivity index (χ1n) is 6.40. The molecule has 0 fully saturated rings. The molecule has 0 N–H and O–H groups in total. The lowest BCUT2D eigenvalue weighted by atomic mass is 10.0. The van der Waals surface area contributed by atoms with Crippen LogP contribution >= 0.6 is 11.6 Å². The number of hydrogen-bond acceptors (Lipinski definition) is 2. The minimum atomic E-state index is 0.533. The third-order valence-electron chi connectivity index (χ3n) is 3.47. The molecule has 1 aromatic heterocycles. The van der Waals surface area contributed by atoms with Gasteiger partial charge in [-0.05, 0) is 30.5 Å². The number of aryl methyl sites for hydroxylation is 1. The molecule has 0 aliphatic carbocycles. The summed E-state index contributed by atoms with van der Waals surface area (Å²) < 4.78 is 2.07. The Kier molecular flexibility index (Phi) is 3.08. The molecule has 2 heterocycles. The molecule has 0 radical (unpaired) electrons. The molecule has 0 spiro atoms. The molecule has 1 aliphatic heterocycles. The molecule has 0 saturated carbocycles. The minimum Gasteiger partial charge on any atom is -0.250 e. The van der Waals surface area contributed by atoms with Gasteiger partial charge in [-0.1, -0.05) is 30.7 Å². The van der Waals surface area contributed by atoms with Crippen LogP contribution in [0.5, 0.6) is 0 Å². The Bertz CT molecular complexity index is 545. The fraction of sp³-hybridized carbons (Fsp3) is 0.429. The number of benzene rings is 1. The number of nitrogens with zero attached hydrogens (tertiary/aromatic N) is 3. The van der Waals surface area contributed by atoms with Gasteiger partial charge in [-0.2, -0.15) is 5.10 Å². The van der Waals surface area contributed by atoms with Crippen LogP contribution in [0.2, 0.25) is 5.02 Å². The highest BCUT2D eigenvalue weighted by molar-refractivity contribution is 6.30. The van der Waals surface area contributed by atoms with Crippen molar-refractivity contribution in [1.82, 2.24) is 14.8 Å². The fourth-order valence-electron chi connectivity index (χ4n) is 2.47. The van der Waals surface area contributed by atoms with Gasteiger partial charge in [0.1, 0.15) is 5.82 Å². The first-order chi connectivity index (χ1) is 8.72. The lowest BCUT2D eigenvalue weighted by Gasteiger charge is -2.17. The number of halogens is 1. The van der Waals surface area contributed by atoms with Crippen molar-refractivity contribution >= 4 is 11.6 Å². The summed E-state index contributed by atoms with van der Waals surface area (Å²) in [5.41, 5.74) is 1.20. The van der Waals surface area contributed by atoms with Gasteiger partial charge in [0.25, 0.3) is 0 Å². The Labute approximate surface area is 112 Å². The molecule has 0 saturated heterocycles. The Balaban J connectivity index is 1.83. The summed E-state index contributed by atoms with van der Waals surface area (Å²) in [5.74, 6) is 2.59. The van der Waals surface area contributed by atoms with Gasteiger partial charge in [-0.25, -0.2) is 9.67 Å². The Morgan fingerprint density at radius 1 is 1.33 bits per heavy atom. The molecule has 3 rings (SSSR count). The Morgan fingerprint density at radius 2 is 2.11 bits per heavy atom.